The van der Waals surface area contributed by atoms with E-state index < -0.39 is 5.60 Å². The van der Waals surface area contributed by atoms with Crippen LogP contribution >= 0.6 is 0 Å². The van der Waals surface area contributed by atoms with Crippen molar-refractivity contribution in [1.29, 1.82) is 0 Å². The van der Waals surface area contributed by atoms with Gasteiger partial charge in [-0.15, -0.1) is 10.2 Å². The van der Waals surface area contributed by atoms with Crippen molar-refractivity contribution in [2.45, 2.75) is 24.9 Å². The van der Waals surface area contributed by atoms with Crippen molar-refractivity contribution >= 4 is 0 Å². The highest BCUT2D eigenvalue weighted by atomic mass is 16.3. The predicted octanol–water partition coefficient (Wildman–Crippen LogP) is -0.429. The highest BCUT2D eigenvalue weighted by Gasteiger charge is 2.40. The Morgan fingerprint density at radius 3 is 2.70 bits per heavy atom. The molecule has 2 rings (SSSR count). The molecule has 5 nitrogen and oxygen atoms in total. The molecule has 2 N–H and O–H groups in total. The smallest absolute Gasteiger partial charge is 0.205 e. The number of nitrogens with zero attached hydrogens (tertiary/aromatic N) is 3. The Bertz CT molecular complexity index is 216. The lowest BCUT2D eigenvalue weighted by atomic mass is 9.80. The number of aliphatic hydroxyl groups is 1. The lowest BCUT2D eigenvalue weighted by Crippen LogP contribution is -2.34. The van der Waals surface area contributed by atoms with Crippen LogP contribution in [0, 0.1) is 0 Å². The molecule has 1 heterocycles. The summed E-state index contributed by atoms with van der Waals surface area (Å²) in [5.74, 6) is 0.429. The number of rotatable bonds is 1. The number of hydrogen-bond donors (Lipinski definition) is 2. The summed E-state index contributed by atoms with van der Waals surface area (Å²) in [5, 5.41) is 22.7. The fraction of sp³-hybridized carbons (Fsp3) is 0.800. The minimum Gasteiger partial charge on any atom is -0.382 e. The van der Waals surface area contributed by atoms with Crippen LogP contribution in [-0.4, -0.2) is 25.7 Å². The van der Waals surface area contributed by atoms with Gasteiger partial charge < -0.3 is 5.11 Å². The second kappa shape index (κ2) is 1.76. The molecule has 54 valence electrons. The van der Waals surface area contributed by atoms with Gasteiger partial charge in [-0.05, 0) is 19.3 Å². The number of nitrogens with one attached hydrogen (secondary N) is 1. The van der Waals surface area contributed by atoms with Crippen molar-refractivity contribution in [2.75, 3.05) is 0 Å². The van der Waals surface area contributed by atoms with Crippen molar-refractivity contribution in [3.05, 3.63) is 5.82 Å². The van der Waals surface area contributed by atoms with Crippen LogP contribution in [0.3, 0.4) is 0 Å². The molecule has 1 aliphatic rings. The molecule has 1 fully saturated rings. The average Bonchev–Trinajstić information content (AvgIpc) is 2.33. The summed E-state index contributed by atoms with van der Waals surface area (Å²) in [6.45, 7) is 0. The number of aromatic nitrogens is 4. The molecular weight excluding hydrogens is 132 g/mol. The molecule has 0 bridgehead atoms. The van der Waals surface area contributed by atoms with Crippen molar-refractivity contribution in [2.24, 2.45) is 0 Å². The molecule has 0 aromatic carbocycles. The number of aromatic amines is 1. The largest absolute Gasteiger partial charge is 0.382 e. The van der Waals surface area contributed by atoms with Gasteiger partial charge in [-0.2, -0.15) is 5.21 Å². The van der Waals surface area contributed by atoms with E-state index in [2.05, 4.69) is 20.6 Å². The van der Waals surface area contributed by atoms with Crippen LogP contribution in [0.1, 0.15) is 25.1 Å². The Balaban J connectivity index is 2.27. The maximum Gasteiger partial charge on any atom is 0.205 e. The number of H-pyrrole nitrogens is 1. The summed E-state index contributed by atoms with van der Waals surface area (Å²) < 4.78 is 0. The first-order valence-electron chi connectivity index (χ1n) is 3.28. The molecule has 0 atom stereocenters. The maximum atomic E-state index is 9.59. The van der Waals surface area contributed by atoms with Crippen LogP contribution in [0.5, 0.6) is 0 Å². The fourth-order valence-electron chi connectivity index (χ4n) is 1.09. The third-order valence-corrected chi connectivity index (χ3v) is 1.94. The second-order valence-electron chi connectivity index (χ2n) is 2.62. The molecule has 1 saturated carbocycles. The van der Waals surface area contributed by atoms with Crippen molar-refractivity contribution in [1.82, 2.24) is 20.6 Å². The van der Waals surface area contributed by atoms with E-state index in [-0.39, 0.29) is 0 Å². The maximum absolute atomic E-state index is 9.59. The van der Waals surface area contributed by atoms with Crippen molar-refractivity contribution in [3.8, 4) is 0 Å². The summed E-state index contributed by atoms with van der Waals surface area (Å²) in [6, 6.07) is 0. The van der Waals surface area contributed by atoms with Crippen LogP contribution in [-0.2, 0) is 5.60 Å². The number of tetrazole rings is 1. The third-order valence-electron chi connectivity index (χ3n) is 1.94. The van der Waals surface area contributed by atoms with Crippen molar-refractivity contribution in [3.63, 3.8) is 0 Å². The molecule has 1 aliphatic carbocycles. The van der Waals surface area contributed by atoms with Gasteiger partial charge in [0.05, 0.1) is 0 Å². The van der Waals surface area contributed by atoms with Gasteiger partial charge in [-0.1, -0.05) is 5.21 Å². The highest BCUT2D eigenvalue weighted by molar-refractivity contribution is 5.02. The molecule has 0 spiro atoms. The Morgan fingerprint density at radius 1 is 1.50 bits per heavy atom. The minimum atomic E-state index is -0.771. The highest BCUT2D eigenvalue weighted by Crippen LogP contribution is 2.38. The summed E-state index contributed by atoms with van der Waals surface area (Å²) in [6.07, 6.45) is 2.56. The summed E-state index contributed by atoms with van der Waals surface area (Å²) >= 11 is 0. The van der Waals surface area contributed by atoms with E-state index in [1.165, 1.54) is 0 Å². The molecule has 0 unspecified atom stereocenters. The summed E-state index contributed by atoms with van der Waals surface area (Å²) in [7, 11) is 0. The monoisotopic (exact) mass is 140 g/mol. The Hall–Kier alpha value is -0.970. The van der Waals surface area contributed by atoms with Gasteiger partial charge in [-0.3, -0.25) is 0 Å². The van der Waals surface area contributed by atoms with E-state index >= 15 is 0 Å². The van der Waals surface area contributed by atoms with Crippen LogP contribution in [0.4, 0.5) is 0 Å². The first kappa shape index (κ1) is 5.79. The van der Waals surface area contributed by atoms with Gasteiger partial charge in [0.2, 0.25) is 5.82 Å². The third kappa shape index (κ3) is 0.637. The normalized spacial score (nSPS) is 22.1. The van der Waals surface area contributed by atoms with E-state index in [0.29, 0.717) is 5.82 Å². The molecule has 1 aromatic rings. The van der Waals surface area contributed by atoms with Crippen LogP contribution in [0.15, 0.2) is 0 Å². The van der Waals surface area contributed by atoms with E-state index in [0.717, 1.165) is 19.3 Å². The standard InChI is InChI=1S/C5H8N4O/c10-5(2-1-3-5)4-6-8-9-7-4/h10H,1-3H2,(H,6,7,8,9). The molecule has 0 saturated heterocycles. The molecule has 10 heavy (non-hydrogen) atoms. The van der Waals surface area contributed by atoms with Gasteiger partial charge in [0.1, 0.15) is 5.60 Å². The Kier molecular flexibility index (Phi) is 1.02. The average molecular weight is 140 g/mol. The number of hydrogen-bond acceptors (Lipinski definition) is 4. The first-order chi connectivity index (χ1) is 4.81. The Labute approximate surface area is 57.5 Å². The predicted molar refractivity (Wildman–Crippen MR) is 31.9 cm³/mol. The first-order valence-corrected chi connectivity index (χ1v) is 3.28. The molecule has 0 aliphatic heterocycles. The van der Waals surface area contributed by atoms with Gasteiger partial charge in [-0.25, -0.2) is 0 Å². The van der Waals surface area contributed by atoms with Crippen LogP contribution in [0.25, 0.3) is 0 Å². The SMILES string of the molecule is OC1(c2nn[nH]n2)CCC1. The van der Waals surface area contributed by atoms with Gasteiger partial charge in [0.25, 0.3) is 0 Å². The molecule has 0 radical (unpaired) electrons. The lowest BCUT2D eigenvalue weighted by molar-refractivity contribution is -0.0466. The van der Waals surface area contributed by atoms with E-state index in [1.807, 2.05) is 0 Å². The van der Waals surface area contributed by atoms with E-state index in [4.69, 9.17) is 0 Å². The van der Waals surface area contributed by atoms with Crippen molar-refractivity contribution < 1.29 is 5.11 Å². The zero-order valence-electron chi connectivity index (χ0n) is 5.41. The van der Waals surface area contributed by atoms with Gasteiger partial charge >= 0.3 is 0 Å². The Morgan fingerprint density at radius 2 is 2.30 bits per heavy atom. The molecule has 1 aromatic heterocycles. The molecular formula is C5H8N4O. The second-order valence-corrected chi connectivity index (χ2v) is 2.62. The van der Waals surface area contributed by atoms with E-state index in [9.17, 15) is 5.11 Å². The van der Waals surface area contributed by atoms with Gasteiger partial charge in [0.15, 0.2) is 0 Å². The van der Waals surface area contributed by atoms with Crippen LogP contribution in [0.2, 0.25) is 0 Å². The minimum absolute atomic E-state index is 0.429. The topological polar surface area (TPSA) is 74.7 Å². The zero-order valence-corrected chi connectivity index (χ0v) is 5.41. The van der Waals surface area contributed by atoms with Crippen LogP contribution < -0.4 is 0 Å². The van der Waals surface area contributed by atoms with Gasteiger partial charge in [0, 0.05) is 0 Å². The zero-order chi connectivity index (χ0) is 7.03. The van der Waals surface area contributed by atoms with E-state index in [1.54, 1.807) is 0 Å². The lowest BCUT2D eigenvalue weighted by Gasteiger charge is -2.32. The molecule has 5 heteroatoms. The fourth-order valence-corrected chi connectivity index (χ4v) is 1.09. The molecule has 0 amide bonds. The summed E-state index contributed by atoms with van der Waals surface area (Å²) in [5.41, 5.74) is -0.771. The quantitative estimate of drug-likeness (QED) is 0.555. The summed E-state index contributed by atoms with van der Waals surface area (Å²) in [4.78, 5) is 0.